The van der Waals surface area contributed by atoms with Crippen molar-refractivity contribution in [2.24, 2.45) is 0 Å². The zero-order valence-corrected chi connectivity index (χ0v) is 13.2. The number of carbonyl (C=O) groups is 1. The van der Waals surface area contributed by atoms with Gasteiger partial charge in [0.1, 0.15) is 0 Å². The minimum absolute atomic E-state index is 0.0530. The number of hydrogen-bond acceptors (Lipinski definition) is 3. The Balaban J connectivity index is 1.69. The number of fused-ring (bicyclic) bond motifs is 3. The Labute approximate surface area is 135 Å². The highest BCUT2D eigenvalue weighted by Gasteiger charge is 2.46. The van der Waals surface area contributed by atoms with E-state index in [-0.39, 0.29) is 18.3 Å². The molecule has 118 valence electrons. The van der Waals surface area contributed by atoms with Crippen LogP contribution in [0.3, 0.4) is 0 Å². The van der Waals surface area contributed by atoms with Crippen LogP contribution in [0, 0.1) is 0 Å². The van der Waals surface area contributed by atoms with Gasteiger partial charge in [0.05, 0.1) is 18.3 Å². The predicted octanol–water partition coefficient (Wildman–Crippen LogP) is 2.51. The first-order valence-electron chi connectivity index (χ1n) is 7.49. The van der Waals surface area contributed by atoms with Crippen LogP contribution >= 0.6 is 0 Å². The van der Waals surface area contributed by atoms with E-state index in [0.717, 1.165) is 21.0 Å². The predicted molar refractivity (Wildman–Crippen MR) is 85.9 cm³/mol. The Morgan fingerprint density at radius 1 is 1.00 bits per heavy atom. The highest BCUT2D eigenvalue weighted by molar-refractivity contribution is 7.89. The fourth-order valence-electron chi connectivity index (χ4n) is 3.31. The van der Waals surface area contributed by atoms with Gasteiger partial charge in [0, 0.05) is 6.54 Å². The lowest BCUT2D eigenvalue weighted by Gasteiger charge is -2.37. The van der Waals surface area contributed by atoms with Crippen LogP contribution in [-0.2, 0) is 23.1 Å². The second-order valence-corrected chi connectivity index (χ2v) is 7.83. The lowest BCUT2D eigenvalue weighted by molar-refractivity contribution is 0.155. The minimum Gasteiger partial charge on any atom is -0.311 e. The summed E-state index contributed by atoms with van der Waals surface area (Å²) in [5.74, 6) is -0.0530. The van der Waals surface area contributed by atoms with Crippen molar-refractivity contribution in [2.45, 2.75) is 19.1 Å². The molecule has 2 aliphatic rings. The zero-order chi connectivity index (χ0) is 16.0. The van der Waals surface area contributed by atoms with Gasteiger partial charge in [-0.1, -0.05) is 54.6 Å². The third-order valence-corrected chi connectivity index (χ3v) is 6.16. The largest absolute Gasteiger partial charge is 0.334 e. The molecule has 2 amide bonds. The summed E-state index contributed by atoms with van der Waals surface area (Å²) in [7, 11) is -3.63. The second kappa shape index (κ2) is 5.09. The summed E-state index contributed by atoms with van der Waals surface area (Å²) in [6.45, 7) is 0.558. The summed E-state index contributed by atoms with van der Waals surface area (Å²) in [5, 5.41) is 0. The van der Waals surface area contributed by atoms with E-state index in [9.17, 15) is 13.2 Å². The summed E-state index contributed by atoms with van der Waals surface area (Å²) in [6.07, 6.45) is 0. The van der Waals surface area contributed by atoms with Crippen LogP contribution in [0.1, 0.15) is 22.7 Å². The van der Waals surface area contributed by atoms with Gasteiger partial charge in [0.2, 0.25) is 10.0 Å². The standard InChI is InChI=1S/C17H16N2O3S/c20-17-18-11-14-8-4-5-9-15(14)16(18)12-23(21,22)19(17)10-13-6-2-1-3-7-13/h1-9,16H,10-12H2. The molecule has 2 heterocycles. The van der Waals surface area contributed by atoms with Crippen molar-refractivity contribution in [3.63, 3.8) is 0 Å². The van der Waals surface area contributed by atoms with E-state index in [1.807, 2.05) is 54.6 Å². The Kier molecular flexibility index (Phi) is 3.16. The normalized spacial score (nSPS) is 21.9. The zero-order valence-electron chi connectivity index (χ0n) is 12.4. The molecule has 1 unspecified atom stereocenters. The minimum atomic E-state index is -3.63. The number of benzene rings is 2. The van der Waals surface area contributed by atoms with Gasteiger partial charge < -0.3 is 4.90 Å². The molecule has 0 bridgehead atoms. The fourth-order valence-corrected chi connectivity index (χ4v) is 4.94. The van der Waals surface area contributed by atoms with Gasteiger partial charge in [-0.2, -0.15) is 0 Å². The molecule has 0 spiro atoms. The van der Waals surface area contributed by atoms with Gasteiger partial charge in [-0.3, -0.25) is 0 Å². The van der Waals surface area contributed by atoms with Gasteiger partial charge in [0.15, 0.2) is 0 Å². The average molecular weight is 328 g/mol. The van der Waals surface area contributed by atoms with Crippen molar-refractivity contribution in [1.82, 2.24) is 9.21 Å². The fraction of sp³-hybridized carbons (Fsp3) is 0.235. The molecule has 5 nitrogen and oxygen atoms in total. The number of amides is 2. The van der Waals surface area contributed by atoms with E-state index in [1.165, 1.54) is 0 Å². The van der Waals surface area contributed by atoms with E-state index < -0.39 is 16.1 Å². The van der Waals surface area contributed by atoms with Gasteiger partial charge in [-0.15, -0.1) is 0 Å². The second-order valence-electron chi connectivity index (χ2n) is 5.90. The summed E-state index contributed by atoms with van der Waals surface area (Å²) < 4.78 is 26.3. The molecule has 1 fully saturated rings. The van der Waals surface area contributed by atoms with Crippen molar-refractivity contribution >= 4 is 16.1 Å². The Morgan fingerprint density at radius 2 is 1.70 bits per heavy atom. The van der Waals surface area contributed by atoms with Crippen LogP contribution in [0.2, 0.25) is 0 Å². The molecule has 0 aliphatic carbocycles. The van der Waals surface area contributed by atoms with E-state index in [4.69, 9.17) is 0 Å². The van der Waals surface area contributed by atoms with E-state index >= 15 is 0 Å². The topological polar surface area (TPSA) is 57.7 Å². The number of urea groups is 1. The smallest absolute Gasteiger partial charge is 0.311 e. The van der Waals surface area contributed by atoms with Crippen LogP contribution in [0.4, 0.5) is 4.79 Å². The molecule has 2 aliphatic heterocycles. The van der Waals surface area contributed by atoms with Crippen molar-refractivity contribution in [3.05, 3.63) is 71.3 Å². The molecule has 0 N–H and O–H groups in total. The molecule has 2 aromatic carbocycles. The van der Waals surface area contributed by atoms with Crippen LogP contribution in [0.5, 0.6) is 0 Å². The number of carbonyl (C=O) groups excluding carboxylic acids is 1. The number of nitrogens with zero attached hydrogens (tertiary/aromatic N) is 2. The number of rotatable bonds is 2. The molecular formula is C17H16N2O3S. The molecule has 0 aromatic heterocycles. The molecule has 23 heavy (non-hydrogen) atoms. The maximum atomic E-state index is 12.8. The monoisotopic (exact) mass is 328 g/mol. The SMILES string of the molecule is O=C1N2Cc3ccccc3C2CS(=O)(=O)N1Cc1ccccc1. The average Bonchev–Trinajstić information content (AvgIpc) is 2.91. The van der Waals surface area contributed by atoms with Gasteiger partial charge >= 0.3 is 6.03 Å². The molecule has 6 heteroatoms. The van der Waals surface area contributed by atoms with Crippen molar-refractivity contribution < 1.29 is 13.2 Å². The van der Waals surface area contributed by atoms with Gasteiger partial charge in [-0.05, 0) is 16.7 Å². The Hall–Kier alpha value is -2.34. The lowest BCUT2D eigenvalue weighted by Crippen LogP contribution is -2.52. The highest BCUT2D eigenvalue weighted by atomic mass is 32.2. The first-order chi connectivity index (χ1) is 11.1. The Bertz CT molecular complexity index is 864. The van der Waals surface area contributed by atoms with Gasteiger partial charge in [0.25, 0.3) is 0 Å². The maximum absolute atomic E-state index is 12.8. The van der Waals surface area contributed by atoms with Crippen LogP contribution in [-0.4, -0.2) is 29.4 Å². The van der Waals surface area contributed by atoms with Crippen molar-refractivity contribution in [1.29, 1.82) is 0 Å². The first kappa shape index (κ1) is 14.3. The van der Waals surface area contributed by atoms with Gasteiger partial charge in [-0.25, -0.2) is 17.5 Å². The summed E-state index contributed by atoms with van der Waals surface area (Å²) in [5.41, 5.74) is 2.78. The summed E-state index contributed by atoms with van der Waals surface area (Å²) in [4.78, 5) is 14.4. The van der Waals surface area contributed by atoms with Crippen molar-refractivity contribution in [2.75, 3.05) is 5.75 Å². The van der Waals surface area contributed by atoms with Crippen LogP contribution < -0.4 is 0 Å². The molecular weight excluding hydrogens is 312 g/mol. The third-order valence-electron chi connectivity index (χ3n) is 4.46. The molecule has 1 atom stereocenters. The highest BCUT2D eigenvalue weighted by Crippen LogP contribution is 2.39. The van der Waals surface area contributed by atoms with Crippen molar-refractivity contribution in [3.8, 4) is 0 Å². The molecule has 0 radical (unpaired) electrons. The number of sulfonamides is 1. The molecule has 1 saturated heterocycles. The maximum Gasteiger partial charge on any atom is 0.334 e. The lowest BCUT2D eigenvalue weighted by atomic mass is 10.1. The quantitative estimate of drug-likeness (QED) is 0.851. The van der Waals surface area contributed by atoms with E-state index in [2.05, 4.69) is 0 Å². The molecule has 0 saturated carbocycles. The third kappa shape index (κ3) is 2.30. The molecule has 4 rings (SSSR count). The summed E-state index contributed by atoms with van der Waals surface area (Å²) in [6, 6.07) is 16.1. The first-order valence-corrected chi connectivity index (χ1v) is 9.10. The van der Waals surface area contributed by atoms with Crippen LogP contribution in [0.15, 0.2) is 54.6 Å². The van der Waals surface area contributed by atoms with E-state index in [1.54, 1.807) is 4.90 Å². The Morgan fingerprint density at radius 3 is 2.48 bits per heavy atom. The molecule has 2 aromatic rings. The van der Waals surface area contributed by atoms with Crippen LogP contribution in [0.25, 0.3) is 0 Å². The van der Waals surface area contributed by atoms with E-state index in [0.29, 0.717) is 6.54 Å². The number of hydrogen-bond donors (Lipinski definition) is 0. The summed E-state index contributed by atoms with van der Waals surface area (Å²) >= 11 is 0.